The van der Waals surface area contributed by atoms with Gasteiger partial charge in [0.05, 0.1) is 16.7 Å². The second-order valence-electron chi connectivity index (χ2n) is 7.28. The van der Waals surface area contributed by atoms with E-state index < -0.39 is 0 Å². The molecule has 2 aromatic carbocycles. The van der Waals surface area contributed by atoms with Gasteiger partial charge >= 0.3 is 0 Å². The molecule has 5 heteroatoms. The summed E-state index contributed by atoms with van der Waals surface area (Å²) in [5, 5.41) is 0.741. The SMILES string of the molecule is Clc1ccc(-c2ccc(-c3ccc4nc(N5CCCCC5)[nH]c4c3)nc2)cc1. The zero-order chi connectivity index (χ0) is 18.9. The fraction of sp³-hybridized carbons (Fsp3) is 0.217. The Morgan fingerprint density at radius 2 is 1.57 bits per heavy atom. The molecule has 1 fully saturated rings. The summed E-state index contributed by atoms with van der Waals surface area (Å²) in [6.45, 7) is 2.17. The Kier molecular flexibility index (Phi) is 4.49. The summed E-state index contributed by atoms with van der Waals surface area (Å²) in [4.78, 5) is 15.3. The lowest BCUT2D eigenvalue weighted by Crippen LogP contribution is -2.30. The third-order valence-electron chi connectivity index (χ3n) is 5.36. The molecule has 0 bridgehead atoms. The monoisotopic (exact) mass is 388 g/mol. The molecule has 140 valence electrons. The van der Waals surface area contributed by atoms with E-state index in [1.54, 1.807) is 0 Å². The van der Waals surface area contributed by atoms with Crippen LogP contribution in [0.3, 0.4) is 0 Å². The summed E-state index contributed by atoms with van der Waals surface area (Å²) in [6, 6.07) is 18.3. The number of rotatable bonds is 3. The molecule has 0 amide bonds. The zero-order valence-corrected chi connectivity index (χ0v) is 16.3. The molecule has 0 aliphatic carbocycles. The van der Waals surface area contributed by atoms with Crippen molar-refractivity contribution in [1.82, 2.24) is 15.0 Å². The van der Waals surface area contributed by atoms with Gasteiger partial charge in [-0.25, -0.2) is 4.98 Å². The van der Waals surface area contributed by atoms with E-state index in [1.807, 2.05) is 30.5 Å². The van der Waals surface area contributed by atoms with Crippen LogP contribution in [0.4, 0.5) is 5.95 Å². The highest BCUT2D eigenvalue weighted by atomic mass is 35.5. The van der Waals surface area contributed by atoms with E-state index in [4.69, 9.17) is 16.6 Å². The quantitative estimate of drug-likeness (QED) is 0.472. The van der Waals surface area contributed by atoms with Gasteiger partial charge in [-0.15, -0.1) is 0 Å². The number of piperidine rings is 1. The lowest BCUT2D eigenvalue weighted by molar-refractivity contribution is 0.570. The van der Waals surface area contributed by atoms with E-state index in [0.29, 0.717) is 0 Å². The molecule has 1 aliphatic rings. The van der Waals surface area contributed by atoms with Crippen molar-refractivity contribution in [3.8, 4) is 22.4 Å². The minimum Gasteiger partial charge on any atom is -0.342 e. The van der Waals surface area contributed by atoms with Crippen LogP contribution in [0.15, 0.2) is 60.8 Å². The number of H-pyrrole nitrogens is 1. The number of benzene rings is 2. The topological polar surface area (TPSA) is 44.8 Å². The van der Waals surface area contributed by atoms with Crippen molar-refractivity contribution < 1.29 is 0 Å². The maximum absolute atomic E-state index is 5.98. The maximum Gasteiger partial charge on any atom is 0.203 e. The smallest absolute Gasteiger partial charge is 0.203 e. The fourth-order valence-electron chi connectivity index (χ4n) is 3.79. The average Bonchev–Trinajstić information content (AvgIpc) is 3.19. The number of imidazole rings is 1. The van der Waals surface area contributed by atoms with Gasteiger partial charge in [0.2, 0.25) is 5.95 Å². The van der Waals surface area contributed by atoms with Crippen LogP contribution >= 0.6 is 11.6 Å². The van der Waals surface area contributed by atoms with Crippen molar-refractivity contribution in [3.05, 3.63) is 65.8 Å². The molecular weight excluding hydrogens is 368 g/mol. The Morgan fingerprint density at radius 3 is 2.32 bits per heavy atom. The van der Waals surface area contributed by atoms with Gasteiger partial charge in [-0.05, 0) is 55.2 Å². The number of aromatic nitrogens is 3. The molecule has 3 heterocycles. The number of nitrogens with one attached hydrogen (secondary N) is 1. The maximum atomic E-state index is 5.98. The van der Waals surface area contributed by atoms with Crippen molar-refractivity contribution >= 4 is 28.6 Å². The van der Waals surface area contributed by atoms with E-state index in [2.05, 4.69) is 45.2 Å². The molecule has 0 unspecified atom stereocenters. The van der Waals surface area contributed by atoms with E-state index in [0.717, 1.165) is 57.5 Å². The lowest BCUT2D eigenvalue weighted by Gasteiger charge is -2.25. The molecule has 5 rings (SSSR count). The number of hydrogen-bond donors (Lipinski definition) is 1. The highest BCUT2D eigenvalue weighted by molar-refractivity contribution is 6.30. The van der Waals surface area contributed by atoms with Gasteiger partial charge in [0.1, 0.15) is 0 Å². The van der Waals surface area contributed by atoms with Gasteiger partial charge in [-0.3, -0.25) is 4.98 Å². The molecule has 0 radical (unpaired) electrons. The summed E-state index contributed by atoms with van der Waals surface area (Å²) < 4.78 is 0. The Morgan fingerprint density at radius 1 is 0.821 bits per heavy atom. The molecule has 0 saturated carbocycles. The molecular formula is C23H21ClN4. The summed E-state index contributed by atoms with van der Waals surface area (Å²) in [5.74, 6) is 0.984. The van der Waals surface area contributed by atoms with Gasteiger partial charge in [0.15, 0.2) is 0 Å². The zero-order valence-electron chi connectivity index (χ0n) is 15.5. The Labute approximate surface area is 169 Å². The van der Waals surface area contributed by atoms with Crippen molar-refractivity contribution in [2.24, 2.45) is 0 Å². The lowest BCUT2D eigenvalue weighted by atomic mass is 10.1. The van der Waals surface area contributed by atoms with E-state index in [9.17, 15) is 0 Å². The molecule has 0 atom stereocenters. The number of nitrogens with zero attached hydrogens (tertiary/aromatic N) is 3. The molecule has 0 spiro atoms. The summed E-state index contributed by atoms with van der Waals surface area (Å²) in [6.07, 6.45) is 5.71. The minimum atomic E-state index is 0.741. The Hall–Kier alpha value is -2.85. The van der Waals surface area contributed by atoms with Gasteiger partial charge in [-0.1, -0.05) is 35.9 Å². The first kappa shape index (κ1) is 17.3. The number of halogens is 1. The molecule has 4 nitrogen and oxygen atoms in total. The summed E-state index contributed by atoms with van der Waals surface area (Å²) >= 11 is 5.98. The van der Waals surface area contributed by atoms with Gasteiger partial charge < -0.3 is 9.88 Å². The molecule has 1 N–H and O–H groups in total. The van der Waals surface area contributed by atoms with Gasteiger partial charge in [0.25, 0.3) is 0 Å². The highest BCUT2D eigenvalue weighted by Crippen LogP contribution is 2.27. The van der Waals surface area contributed by atoms with Crippen LogP contribution in [0.5, 0.6) is 0 Å². The van der Waals surface area contributed by atoms with Gasteiger partial charge in [0, 0.05) is 35.4 Å². The van der Waals surface area contributed by atoms with E-state index in [1.165, 1.54) is 19.3 Å². The van der Waals surface area contributed by atoms with Crippen LogP contribution in [-0.4, -0.2) is 28.0 Å². The molecule has 1 aliphatic heterocycles. The van der Waals surface area contributed by atoms with Crippen molar-refractivity contribution in [1.29, 1.82) is 0 Å². The first-order valence-electron chi connectivity index (χ1n) is 9.73. The normalized spacial score (nSPS) is 14.5. The second-order valence-corrected chi connectivity index (χ2v) is 7.72. The van der Waals surface area contributed by atoms with Crippen LogP contribution in [0.1, 0.15) is 19.3 Å². The standard InChI is InChI=1S/C23H21ClN4/c24-19-8-4-16(5-9-19)18-7-10-20(25-15-18)17-6-11-21-22(14-17)27-23(26-21)28-12-2-1-3-13-28/h4-11,14-15H,1-3,12-13H2,(H,26,27). The van der Waals surface area contributed by atoms with Crippen LogP contribution in [0.25, 0.3) is 33.4 Å². The minimum absolute atomic E-state index is 0.741. The largest absolute Gasteiger partial charge is 0.342 e. The second kappa shape index (κ2) is 7.28. The molecule has 4 aromatic rings. The molecule has 1 saturated heterocycles. The molecule has 2 aromatic heterocycles. The predicted molar refractivity (Wildman–Crippen MR) is 116 cm³/mol. The Balaban J connectivity index is 1.43. The first-order chi connectivity index (χ1) is 13.8. The van der Waals surface area contributed by atoms with E-state index >= 15 is 0 Å². The van der Waals surface area contributed by atoms with Crippen molar-refractivity contribution in [2.45, 2.75) is 19.3 Å². The number of hydrogen-bond acceptors (Lipinski definition) is 3. The van der Waals surface area contributed by atoms with Gasteiger partial charge in [-0.2, -0.15) is 0 Å². The first-order valence-corrected chi connectivity index (χ1v) is 10.1. The number of aromatic amines is 1. The van der Waals surface area contributed by atoms with Crippen LogP contribution in [-0.2, 0) is 0 Å². The fourth-order valence-corrected chi connectivity index (χ4v) is 3.91. The highest BCUT2D eigenvalue weighted by Gasteiger charge is 2.15. The van der Waals surface area contributed by atoms with E-state index in [-0.39, 0.29) is 0 Å². The van der Waals surface area contributed by atoms with Crippen LogP contribution in [0.2, 0.25) is 5.02 Å². The third kappa shape index (κ3) is 3.36. The van der Waals surface area contributed by atoms with Crippen molar-refractivity contribution in [3.63, 3.8) is 0 Å². The van der Waals surface area contributed by atoms with Crippen LogP contribution < -0.4 is 4.90 Å². The summed E-state index contributed by atoms with van der Waals surface area (Å²) in [7, 11) is 0. The summed E-state index contributed by atoms with van der Waals surface area (Å²) in [5.41, 5.74) is 6.29. The third-order valence-corrected chi connectivity index (χ3v) is 5.61. The number of fused-ring (bicyclic) bond motifs is 1. The van der Waals surface area contributed by atoms with Crippen LogP contribution in [0, 0.1) is 0 Å². The number of pyridine rings is 1. The average molecular weight is 389 g/mol. The predicted octanol–water partition coefficient (Wildman–Crippen LogP) is 5.94. The number of anilines is 1. The Bertz CT molecular complexity index is 1090. The molecule has 28 heavy (non-hydrogen) atoms. The van der Waals surface area contributed by atoms with Crippen molar-refractivity contribution in [2.75, 3.05) is 18.0 Å².